The number of aromatic nitrogens is 1. The van der Waals surface area contributed by atoms with Gasteiger partial charge in [0.15, 0.2) is 17.3 Å². The predicted octanol–water partition coefficient (Wildman–Crippen LogP) is 8.03. The number of para-hydroxylation sites is 2. The first kappa shape index (κ1) is 19.6. The van der Waals surface area contributed by atoms with E-state index in [1.165, 1.54) is 27.9 Å². The molecule has 0 spiro atoms. The lowest BCUT2D eigenvalue weighted by Crippen LogP contribution is -2.20. The van der Waals surface area contributed by atoms with Crippen molar-refractivity contribution in [2.45, 2.75) is 47.0 Å². The molecule has 0 saturated heterocycles. The van der Waals surface area contributed by atoms with Gasteiger partial charge in [-0.2, -0.15) is 0 Å². The molecule has 3 heteroatoms. The van der Waals surface area contributed by atoms with E-state index in [0.717, 1.165) is 33.8 Å². The quantitative estimate of drug-likeness (QED) is 0.281. The molecule has 5 rings (SSSR count). The molecular formula is C28H28N2O. The molecule has 0 fully saturated rings. The zero-order chi connectivity index (χ0) is 21.9. The summed E-state index contributed by atoms with van der Waals surface area (Å²) in [6.45, 7) is 13.3. The van der Waals surface area contributed by atoms with Gasteiger partial charge in [0.2, 0.25) is 0 Å². The Bertz CT molecular complexity index is 1310. The Morgan fingerprint density at radius 2 is 1.58 bits per heavy atom. The van der Waals surface area contributed by atoms with E-state index in [2.05, 4.69) is 88.9 Å². The Hall–Kier alpha value is -3.33. The summed E-state index contributed by atoms with van der Waals surface area (Å²) in [5.74, 6) is 2.50. The van der Waals surface area contributed by atoms with E-state index in [0.29, 0.717) is 0 Å². The van der Waals surface area contributed by atoms with Crippen molar-refractivity contribution >= 4 is 28.0 Å². The second-order valence-electron chi connectivity index (χ2n) is 9.62. The Labute approximate surface area is 184 Å². The largest absolute Gasteiger partial charge is 0.451 e. The number of aryl methyl sites for hydroxylation is 3. The van der Waals surface area contributed by atoms with Crippen LogP contribution in [-0.4, -0.2) is 4.98 Å². The average Bonchev–Trinajstić information content (AvgIpc) is 2.71. The summed E-state index contributed by atoms with van der Waals surface area (Å²) >= 11 is 0. The second kappa shape index (κ2) is 6.84. The molecule has 4 aromatic rings. The molecule has 0 N–H and O–H groups in total. The van der Waals surface area contributed by atoms with Gasteiger partial charge in [-0.1, -0.05) is 62.7 Å². The average molecular weight is 409 g/mol. The van der Waals surface area contributed by atoms with Crippen LogP contribution in [0, 0.1) is 20.8 Å². The molecule has 3 nitrogen and oxygen atoms in total. The molecular weight excluding hydrogens is 380 g/mol. The normalized spacial score (nSPS) is 13.0. The maximum Gasteiger partial charge on any atom is 0.182 e. The van der Waals surface area contributed by atoms with E-state index in [9.17, 15) is 0 Å². The molecule has 0 bridgehead atoms. The van der Waals surface area contributed by atoms with Crippen LogP contribution in [0.2, 0.25) is 0 Å². The molecule has 0 aliphatic carbocycles. The fourth-order valence-corrected chi connectivity index (χ4v) is 4.49. The van der Waals surface area contributed by atoms with Gasteiger partial charge in [-0.15, -0.1) is 0 Å². The van der Waals surface area contributed by atoms with Crippen molar-refractivity contribution in [3.05, 3.63) is 83.0 Å². The fraction of sp³-hybridized carbons (Fsp3) is 0.250. The number of nitrogens with zero attached hydrogens (tertiary/aromatic N) is 2. The number of hydrogen-bond donors (Lipinski definition) is 0. The molecule has 0 radical (unpaired) electrons. The van der Waals surface area contributed by atoms with Crippen LogP contribution in [0.15, 0.2) is 60.8 Å². The highest BCUT2D eigenvalue weighted by molar-refractivity contribution is 5.98. The van der Waals surface area contributed by atoms with E-state index in [-0.39, 0.29) is 5.41 Å². The van der Waals surface area contributed by atoms with E-state index >= 15 is 0 Å². The van der Waals surface area contributed by atoms with Crippen LogP contribution >= 0.6 is 0 Å². The van der Waals surface area contributed by atoms with Crippen molar-refractivity contribution in [1.82, 2.24) is 4.98 Å². The van der Waals surface area contributed by atoms with Gasteiger partial charge in [-0.05, 0) is 61.1 Å². The highest BCUT2D eigenvalue weighted by Crippen LogP contribution is 2.53. The summed E-state index contributed by atoms with van der Waals surface area (Å²) in [4.78, 5) is 7.17. The van der Waals surface area contributed by atoms with Crippen LogP contribution in [0.3, 0.4) is 0 Å². The minimum Gasteiger partial charge on any atom is -0.451 e. The van der Waals surface area contributed by atoms with E-state index in [4.69, 9.17) is 9.72 Å². The molecule has 1 aliphatic rings. The van der Waals surface area contributed by atoms with Crippen molar-refractivity contribution in [2.24, 2.45) is 0 Å². The number of rotatable bonds is 1. The topological polar surface area (TPSA) is 25.4 Å². The number of anilines is 3. The fourth-order valence-electron chi connectivity index (χ4n) is 4.49. The third kappa shape index (κ3) is 3.16. The smallest absolute Gasteiger partial charge is 0.182 e. The zero-order valence-electron chi connectivity index (χ0n) is 19.1. The van der Waals surface area contributed by atoms with Gasteiger partial charge in [0.1, 0.15) is 0 Å². The zero-order valence-corrected chi connectivity index (χ0v) is 19.1. The number of ether oxygens (including phenoxy) is 1. The van der Waals surface area contributed by atoms with Gasteiger partial charge in [-0.3, -0.25) is 4.90 Å². The maximum absolute atomic E-state index is 6.44. The Kier molecular flexibility index (Phi) is 4.33. The predicted molar refractivity (Wildman–Crippen MR) is 129 cm³/mol. The van der Waals surface area contributed by atoms with Crippen molar-refractivity contribution in [3.8, 4) is 11.5 Å². The summed E-state index contributed by atoms with van der Waals surface area (Å²) in [7, 11) is 0. The summed E-state index contributed by atoms with van der Waals surface area (Å²) < 4.78 is 6.44. The van der Waals surface area contributed by atoms with Crippen LogP contribution in [0.4, 0.5) is 17.2 Å². The van der Waals surface area contributed by atoms with Crippen LogP contribution < -0.4 is 9.64 Å². The Morgan fingerprint density at radius 3 is 2.29 bits per heavy atom. The number of hydrogen-bond acceptors (Lipinski definition) is 3. The molecule has 1 aromatic heterocycles. The molecule has 0 atom stereocenters. The van der Waals surface area contributed by atoms with Gasteiger partial charge in [0, 0.05) is 17.0 Å². The molecule has 0 saturated carbocycles. The third-order valence-electron chi connectivity index (χ3n) is 6.09. The summed E-state index contributed by atoms with van der Waals surface area (Å²) in [5.41, 5.74) is 7.31. The first-order valence-corrected chi connectivity index (χ1v) is 10.8. The van der Waals surface area contributed by atoms with E-state index in [1.807, 2.05) is 18.3 Å². The van der Waals surface area contributed by atoms with Gasteiger partial charge in [0.25, 0.3) is 0 Å². The molecule has 0 amide bonds. The lowest BCUT2D eigenvalue weighted by molar-refractivity contribution is 0.480. The van der Waals surface area contributed by atoms with Gasteiger partial charge < -0.3 is 4.74 Å². The Balaban J connectivity index is 1.80. The monoisotopic (exact) mass is 408 g/mol. The molecule has 156 valence electrons. The highest BCUT2D eigenvalue weighted by atomic mass is 16.5. The SMILES string of the molecule is Cc1ccc2c3c(ncc2c1)N(c1c(C)cc(C(C)(C)C)cc1C)c1ccccc1O3. The van der Waals surface area contributed by atoms with Crippen molar-refractivity contribution in [2.75, 3.05) is 4.90 Å². The minimum atomic E-state index is 0.0984. The van der Waals surface area contributed by atoms with Gasteiger partial charge >= 0.3 is 0 Å². The second-order valence-corrected chi connectivity index (χ2v) is 9.62. The minimum absolute atomic E-state index is 0.0984. The molecule has 0 unspecified atom stereocenters. The first-order chi connectivity index (χ1) is 14.7. The Morgan fingerprint density at radius 1 is 0.871 bits per heavy atom. The van der Waals surface area contributed by atoms with Crippen molar-refractivity contribution in [1.29, 1.82) is 0 Å². The molecule has 1 aliphatic heterocycles. The number of benzene rings is 3. The summed E-state index contributed by atoms with van der Waals surface area (Å²) in [5, 5.41) is 2.17. The third-order valence-corrected chi connectivity index (χ3v) is 6.09. The standard InChI is InChI=1S/C28H28N2O/c1-17-11-12-22-20(13-17)16-29-27-26(22)31-24-10-8-7-9-23(24)30(27)25-18(2)14-21(15-19(25)3)28(4,5)6/h7-16H,1-6H3. The van der Waals surface area contributed by atoms with Crippen LogP contribution in [0.25, 0.3) is 10.8 Å². The highest BCUT2D eigenvalue weighted by Gasteiger charge is 2.31. The summed E-state index contributed by atoms with van der Waals surface area (Å²) in [6, 6.07) is 19.3. The molecule has 3 aromatic carbocycles. The maximum atomic E-state index is 6.44. The van der Waals surface area contributed by atoms with Crippen molar-refractivity contribution < 1.29 is 4.74 Å². The van der Waals surface area contributed by atoms with Gasteiger partial charge in [0.05, 0.1) is 11.4 Å². The number of fused-ring (bicyclic) bond motifs is 4. The lowest BCUT2D eigenvalue weighted by atomic mass is 9.84. The number of pyridine rings is 1. The molecule has 31 heavy (non-hydrogen) atoms. The van der Waals surface area contributed by atoms with Crippen LogP contribution in [0.5, 0.6) is 11.5 Å². The van der Waals surface area contributed by atoms with Crippen LogP contribution in [-0.2, 0) is 5.41 Å². The first-order valence-electron chi connectivity index (χ1n) is 10.8. The van der Waals surface area contributed by atoms with Crippen molar-refractivity contribution in [3.63, 3.8) is 0 Å². The van der Waals surface area contributed by atoms with E-state index < -0.39 is 0 Å². The van der Waals surface area contributed by atoms with E-state index in [1.54, 1.807) is 0 Å². The van der Waals surface area contributed by atoms with Gasteiger partial charge in [-0.25, -0.2) is 4.98 Å². The lowest BCUT2D eigenvalue weighted by Gasteiger charge is -2.35. The summed E-state index contributed by atoms with van der Waals surface area (Å²) in [6.07, 6.45) is 1.96. The molecule has 2 heterocycles. The van der Waals surface area contributed by atoms with Crippen LogP contribution in [0.1, 0.15) is 43.0 Å².